The van der Waals surface area contributed by atoms with Crippen molar-refractivity contribution in [1.82, 2.24) is 5.32 Å². The van der Waals surface area contributed by atoms with E-state index < -0.39 is 5.60 Å². The summed E-state index contributed by atoms with van der Waals surface area (Å²) in [4.78, 5) is 12.0. The number of hydrogen-bond donors (Lipinski definition) is 2. The van der Waals surface area contributed by atoms with Gasteiger partial charge in [-0.1, -0.05) is 20.3 Å². The van der Waals surface area contributed by atoms with E-state index in [2.05, 4.69) is 19.2 Å². The highest BCUT2D eigenvalue weighted by molar-refractivity contribution is 5.68. The molecule has 0 bridgehead atoms. The van der Waals surface area contributed by atoms with Crippen LogP contribution in [0.2, 0.25) is 0 Å². The molecule has 1 saturated carbocycles. The number of ether oxygens (including phenoxy) is 1. The normalized spacial score (nSPS) is 19.7. The second kappa shape index (κ2) is 6.12. The van der Waals surface area contributed by atoms with E-state index in [-0.39, 0.29) is 17.6 Å². The van der Waals surface area contributed by atoms with Crippen LogP contribution in [-0.4, -0.2) is 24.3 Å². The van der Waals surface area contributed by atoms with Crippen LogP contribution in [0.3, 0.4) is 0 Å². The van der Waals surface area contributed by atoms with Gasteiger partial charge < -0.3 is 15.8 Å². The van der Waals surface area contributed by atoms with Crippen molar-refractivity contribution in [2.45, 2.75) is 71.9 Å². The van der Waals surface area contributed by atoms with Gasteiger partial charge in [-0.2, -0.15) is 0 Å². The molecular weight excluding hydrogens is 240 g/mol. The van der Waals surface area contributed by atoms with Gasteiger partial charge in [-0.05, 0) is 57.9 Å². The predicted octanol–water partition coefficient (Wildman–Crippen LogP) is 3.05. The summed E-state index contributed by atoms with van der Waals surface area (Å²) in [6.07, 6.45) is 4.21. The third kappa shape index (κ3) is 4.37. The number of carbonyl (C=O) groups is 1. The number of hydrogen-bond acceptors (Lipinski definition) is 3. The van der Waals surface area contributed by atoms with E-state index in [1.54, 1.807) is 0 Å². The van der Waals surface area contributed by atoms with Gasteiger partial charge in [0.25, 0.3) is 0 Å². The van der Waals surface area contributed by atoms with Crippen LogP contribution in [0.25, 0.3) is 0 Å². The maximum absolute atomic E-state index is 12.0. The number of carbonyl (C=O) groups excluding carboxylic acids is 1. The molecule has 1 amide bonds. The monoisotopic (exact) mass is 270 g/mol. The molecule has 1 aliphatic carbocycles. The molecule has 0 aliphatic heterocycles. The summed E-state index contributed by atoms with van der Waals surface area (Å²) in [5.74, 6) is 0.388. The molecule has 1 rings (SSSR count). The highest BCUT2D eigenvalue weighted by Crippen LogP contribution is 2.48. The van der Waals surface area contributed by atoms with E-state index in [9.17, 15) is 4.79 Å². The Kier molecular flexibility index (Phi) is 5.25. The molecule has 112 valence electrons. The zero-order chi connectivity index (χ0) is 14.7. The van der Waals surface area contributed by atoms with Gasteiger partial charge in [-0.15, -0.1) is 0 Å². The van der Waals surface area contributed by atoms with E-state index >= 15 is 0 Å². The van der Waals surface area contributed by atoms with Crippen LogP contribution >= 0.6 is 0 Å². The average molecular weight is 270 g/mol. The first-order valence-corrected chi connectivity index (χ1v) is 7.40. The van der Waals surface area contributed by atoms with Gasteiger partial charge in [0.15, 0.2) is 0 Å². The van der Waals surface area contributed by atoms with Crippen molar-refractivity contribution in [3.05, 3.63) is 0 Å². The molecule has 0 aromatic rings. The molecule has 0 aromatic carbocycles. The fourth-order valence-electron chi connectivity index (χ4n) is 3.10. The Morgan fingerprint density at radius 3 is 2.26 bits per heavy atom. The molecule has 0 saturated heterocycles. The van der Waals surface area contributed by atoms with Gasteiger partial charge in [-0.3, -0.25) is 0 Å². The van der Waals surface area contributed by atoms with Crippen LogP contribution in [0.1, 0.15) is 60.3 Å². The first-order chi connectivity index (χ1) is 8.70. The first-order valence-electron chi connectivity index (χ1n) is 7.40. The molecule has 3 N–H and O–H groups in total. The quantitative estimate of drug-likeness (QED) is 0.807. The van der Waals surface area contributed by atoms with Crippen molar-refractivity contribution >= 4 is 6.09 Å². The Hall–Kier alpha value is -0.770. The Bertz CT molecular complexity index is 304. The lowest BCUT2D eigenvalue weighted by molar-refractivity contribution is 0.0162. The maximum Gasteiger partial charge on any atom is 0.407 e. The Balaban J connectivity index is 2.70. The van der Waals surface area contributed by atoms with Crippen molar-refractivity contribution < 1.29 is 9.53 Å². The Morgan fingerprint density at radius 1 is 1.37 bits per heavy atom. The summed E-state index contributed by atoms with van der Waals surface area (Å²) in [5.41, 5.74) is 5.48. The lowest BCUT2D eigenvalue weighted by Crippen LogP contribution is -2.55. The largest absolute Gasteiger partial charge is 0.444 e. The third-order valence-corrected chi connectivity index (χ3v) is 3.99. The van der Waals surface area contributed by atoms with E-state index in [0.717, 1.165) is 19.3 Å². The van der Waals surface area contributed by atoms with Gasteiger partial charge in [0.2, 0.25) is 0 Å². The topological polar surface area (TPSA) is 64.3 Å². The maximum atomic E-state index is 12.0. The number of rotatable bonds is 5. The van der Waals surface area contributed by atoms with Crippen LogP contribution in [0.5, 0.6) is 0 Å². The van der Waals surface area contributed by atoms with E-state index in [4.69, 9.17) is 10.5 Å². The van der Waals surface area contributed by atoms with E-state index in [1.165, 1.54) is 6.42 Å². The van der Waals surface area contributed by atoms with Gasteiger partial charge >= 0.3 is 6.09 Å². The summed E-state index contributed by atoms with van der Waals surface area (Å²) in [7, 11) is 0. The predicted molar refractivity (Wildman–Crippen MR) is 78.0 cm³/mol. The number of nitrogens with two attached hydrogens (primary N) is 1. The Labute approximate surface area is 117 Å². The van der Waals surface area contributed by atoms with Gasteiger partial charge in [0.1, 0.15) is 5.60 Å². The molecule has 0 heterocycles. The fourth-order valence-corrected chi connectivity index (χ4v) is 3.10. The van der Waals surface area contributed by atoms with Crippen LogP contribution in [0, 0.1) is 11.3 Å². The standard InChI is InChI=1S/C15H30N2O2/c1-11(2)12(15(9-10-16)7-6-8-15)17-13(18)19-14(3,4)5/h11-12H,6-10,16H2,1-5H3,(H,17,18). The highest BCUT2D eigenvalue weighted by atomic mass is 16.6. The molecule has 4 heteroatoms. The van der Waals surface area contributed by atoms with Crippen LogP contribution < -0.4 is 11.1 Å². The minimum absolute atomic E-state index is 0.152. The molecule has 1 aliphatic rings. The minimum Gasteiger partial charge on any atom is -0.444 e. The van der Waals surface area contributed by atoms with Crippen LogP contribution in [-0.2, 0) is 4.74 Å². The van der Waals surface area contributed by atoms with E-state index in [0.29, 0.717) is 12.5 Å². The molecule has 0 aromatic heterocycles. The zero-order valence-corrected chi connectivity index (χ0v) is 13.1. The summed E-state index contributed by atoms with van der Waals surface area (Å²) >= 11 is 0. The first kappa shape index (κ1) is 16.3. The summed E-state index contributed by atoms with van der Waals surface area (Å²) in [5, 5.41) is 3.08. The number of amides is 1. The second-order valence-electron chi connectivity index (χ2n) is 7.12. The van der Waals surface area contributed by atoms with Crippen molar-refractivity contribution in [3.63, 3.8) is 0 Å². The van der Waals surface area contributed by atoms with Crippen LogP contribution in [0.4, 0.5) is 4.79 Å². The zero-order valence-electron chi connectivity index (χ0n) is 13.1. The van der Waals surface area contributed by atoms with Gasteiger partial charge in [0, 0.05) is 6.04 Å². The van der Waals surface area contributed by atoms with Crippen molar-refractivity contribution in [2.75, 3.05) is 6.54 Å². The molecule has 19 heavy (non-hydrogen) atoms. The van der Waals surface area contributed by atoms with Crippen molar-refractivity contribution in [2.24, 2.45) is 17.1 Å². The summed E-state index contributed by atoms with van der Waals surface area (Å²) < 4.78 is 5.38. The summed E-state index contributed by atoms with van der Waals surface area (Å²) in [6.45, 7) is 10.6. The second-order valence-corrected chi connectivity index (χ2v) is 7.12. The molecule has 4 nitrogen and oxygen atoms in total. The lowest BCUT2D eigenvalue weighted by Gasteiger charge is -2.49. The van der Waals surface area contributed by atoms with Gasteiger partial charge in [0.05, 0.1) is 0 Å². The number of alkyl carbamates (subject to hydrolysis) is 1. The van der Waals surface area contributed by atoms with Gasteiger partial charge in [-0.25, -0.2) is 4.79 Å². The lowest BCUT2D eigenvalue weighted by atomic mass is 9.59. The van der Waals surface area contributed by atoms with Crippen molar-refractivity contribution in [3.8, 4) is 0 Å². The summed E-state index contributed by atoms with van der Waals surface area (Å²) in [6, 6.07) is 0.152. The van der Waals surface area contributed by atoms with Crippen molar-refractivity contribution in [1.29, 1.82) is 0 Å². The molecule has 1 fully saturated rings. The highest BCUT2D eigenvalue weighted by Gasteiger charge is 2.45. The minimum atomic E-state index is -0.452. The third-order valence-electron chi connectivity index (χ3n) is 3.99. The smallest absolute Gasteiger partial charge is 0.407 e. The molecule has 0 radical (unpaired) electrons. The Morgan fingerprint density at radius 2 is 1.95 bits per heavy atom. The number of nitrogens with one attached hydrogen (secondary N) is 1. The average Bonchev–Trinajstić information content (AvgIpc) is 2.17. The molecule has 1 unspecified atom stereocenters. The van der Waals surface area contributed by atoms with Crippen LogP contribution in [0.15, 0.2) is 0 Å². The van der Waals surface area contributed by atoms with E-state index in [1.807, 2.05) is 20.8 Å². The molecular formula is C15H30N2O2. The molecule has 0 spiro atoms. The SMILES string of the molecule is CC(C)C(NC(=O)OC(C)(C)C)C1(CCN)CCC1. The molecule has 1 atom stereocenters. The fraction of sp³-hybridized carbons (Fsp3) is 0.933.